The number of aliphatic hydroxyl groups is 1. The minimum atomic E-state index is -1.14. The molecule has 0 bridgehead atoms. The summed E-state index contributed by atoms with van der Waals surface area (Å²) < 4.78 is 0. The van der Waals surface area contributed by atoms with Crippen LogP contribution in [0.4, 0.5) is 4.79 Å². The van der Waals surface area contributed by atoms with Gasteiger partial charge in [0.05, 0.1) is 12.6 Å². The molecule has 1 heterocycles. The maximum atomic E-state index is 11.8. The lowest BCUT2D eigenvalue weighted by Gasteiger charge is -2.24. The Morgan fingerprint density at radius 1 is 1.35 bits per heavy atom. The van der Waals surface area contributed by atoms with Gasteiger partial charge in [0.2, 0.25) is 5.91 Å². The van der Waals surface area contributed by atoms with Gasteiger partial charge in [-0.3, -0.25) is 9.69 Å². The van der Waals surface area contributed by atoms with Crippen molar-refractivity contribution in [2.75, 3.05) is 6.61 Å². The number of nitrogens with one attached hydrogen (secondary N) is 1. The van der Waals surface area contributed by atoms with Crippen molar-refractivity contribution in [2.24, 2.45) is 0 Å². The largest absolute Gasteiger partial charge is 0.465 e. The van der Waals surface area contributed by atoms with Crippen molar-refractivity contribution in [3.63, 3.8) is 0 Å². The Labute approximate surface area is 122 Å². The fraction of sp³-hybridized carbons (Fsp3) is 0.385. The van der Waals surface area contributed by atoms with Gasteiger partial charge in [0.25, 0.3) is 0 Å². The normalized spacial score (nSPS) is 20.9. The van der Waals surface area contributed by atoms with Gasteiger partial charge in [-0.2, -0.15) is 0 Å². The number of carbonyl (C=O) groups is 2. The molecule has 0 aromatic heterocycles. The lowest BCUT2D eigenvalue weighted by atomic mass is 10.1. The first-order valence-electron chi connectivity index (χ1n) is 6.06. The number of aliphatic hydroxyl groups excluding tert-OH is 1. The van der Waals surface area contributed by atoms with Crippen LogP contribution >= 0.6 is 12.4 Å². The number of hydrogen-bond donors (Lipinski definition) is 3. The Bertz CT molecular complexity index is 469. The number of hydrogen-bond acceptors (Lipinski definition) is 3. The van der Waals surface area contributed by atoms with E-state index in [1.54, 1.807) is 0 Å². The number of halogens is 1. The van der Waals surface area contributed by atoms with Gasteiger partial charge in [-0.25, -0.2) is 4.79 Å². The quantitative estimate of drug-likeness (QED) is 0.768. The van der Waals surface area contributed by atoms with Crippen LogP contribution in [0.15, 0.2) is 30.3 Å². The fourth-order valence-corrected chi connectivity index (χ4v) is 2.21. The van der Waals surface area contributed by atoms with Crippen LogP contribution < -0.4 is 5.32 Å². The van der Waals surface area contributed by atoms with Crippen molar-refractivity contribution in [2.45, 2.75) is 25.0 Å². The maximum Gasteiger partial charge on any atom is 0.408 e. The summed E-state index contributed by atoms with van der Waals surface area (Å²) in [5.41, 5.74) is 0.824. The van der Waals surface area contributed by atoms with E-state index in [9.17, 15) is 14.7 Å². The van der Waals surface area contributed by atoms with Crippen LogP contribution in [-0.4, -0.2) is 45.8 Å². The minimum Gasteiger partial charge on any atom is -0.465 e. The van der Waals surface area contributed by atoms with Gasteiger partial charge in [-0.05, 0) is 12.0 Å². The second-order valence-corrected chi connectivity index (χ2v) is 4.54. The zero-order valence-electron chi connectivity index (χ0n) is 10.7. The molecule has 1 aromatic carbocycles. The molecule has 0 saturated carbocycles. The molecule has 0 spiro atoms. The predicted molar refractivity (Wildman–Crippen MR) is 74.7 cm³/mol. The van der Waals surface area contributed by atoms with E-state index in [1.165, 1.54) is 0 Å². The number of amides is 2. The monoisotopic (exact) mass is 300 g/mol. The number of rotatable bonds is 4. The highest BCUT2D eigenvalue weighted by atomic mass is 35.5. The summed E-state index contributed by atoms with van der Waals surface area (Å²) in [6.07, 6.45) is -0.836. The molecule has 2 rings (SSSR count). The Hall–Kier alpha value is -1.79. The number of benzene rings is 1. The van der Waals surface area contributed by atoms with Crippen LogP contribution in [0, 0.1) is 0 Å². The Balaban J connectivity index is 0.00000200. The lowest BCUT2D eigenvalue weighted by Crippen LogP contribution is -2.43. The first-order chi connectivity index (χ1) is 9.11. The van der Waals surface area contributed by atoms with Gasteiger partial charge in [0.15, 0.2) is 0 Å². The highest BCUT2D eigenvalue weighted by molar-refractivity contribution is 5.87. The molecule has 7 heteroatoms. The van der Waals surface area contributed by atoms with Gasteiger partial charge in [0.1, 0.15) is 6.04 Å². The first-order valence-corrected chi connectivity index (χ1v) is 6.06. The molecule has 0 radical (unpaired) electrons. The van der Waals surface area contributed by atoms with Crippen molar-refractivity contribution < 1.29 is 19.8 Å². The van der Waals surface area contributed by atoms with Gasteiger partial charge in [-0.15, -0.1) is 12.4 Å². The van der Waals surface area contributed by atoms with E-state index in [1.807, 2.05) is 30.3 Å². The molecule has 2 atom stereocenters. The summed E-state index contributed by atoms with van der Waals surface area (Å²) in [6.45, 7) is -0.0204. The summed E-state index contributed by atoms with van der Waals surface area (Å²) in [4.78, 5) is 24.2. The second-order valence-electron chi connectivity index (χ2n) is 4.54. The van der Waals surface area contributed by atoms with Crippen LogP contribution in [0.25, 0.3) is 0 Å². The molecule has 110 valence electrons. The Kier molecular flexibility index (Phi) is 5.79. The van der Waals surface area contributed by atoms with Crippen molar-refractivity contribution in [1.82, 2.24) is 10.2 Å². The van der Waals surface area contributed by atoms with E-state index in [0.717, 1.165) is 10.5 Å². The second kappa shape index (κ2) is 7.12. The predicted octanol–water partition coefficient (Wildman–Crippen LogP) is 0.838. The van der Waals surface area contributed by atoms with Crippen LogP contribution in [0.1, 0.15) is 12.0 Å². The summed E-state index contributed by atoms with van der Waals surface area (Å²) in [5, 5.41) is 20.9. The molecule has 20 heavy (non-hydrogen) atoms. The van der Waals surface area contributed by atoms with E-state index >= 15 is 0 Å². The third-order valence-electron chi connectivity index (χ3n) is 3.19. The zero-order valence-corrected chi connectivity index (χ0v) is 11.5. The SMILES string of the molecule is Cl.O=C1N[C@H](CO)C[C@H]1N(Cc1ccccc1)C(=O)O. The molecule has 1 fully saturated rings. The van der Waals surface area contributed by atoms with Crippen LogP contribution in [0.3, 0.4) is 0 Å². The van der Waals surface area contributed by atoms with Crippen molar-refractivity contribution in [3.8, 4) is 0 Å². The van der Waals surface area contributed by atoms with Gasteiger partial charge < -0.3 is 15.5 Å². The molecule has 1 saturated heterocycles. The summed E-state index contributed by atoms with van der Waals surface area (Å²) in [6, 6.07) is 8.00. The van der Waals surface area contributed by atoms with Gasteiger partial charge in [0, 0.05) is 6.54 Å². The summed E-state index contributed by atoms with van der Waals surface area (Å²) in [5.74, 6) is -0.350. The summed E-state index contributed by atoms with van der Waals surface area (Å²) >= 11 is 0. The minimum absolute atomic E-state index is 0. The average Bonchev–Trinajstić information content (AvgIpc) is 2.78. The van der Waals surface area contributed by atoms with Gasteiger partial charge >= 0.3 is 6.09 Å². The molecular weight excluding hydrogens is 284 g/mol. The van der Waals surface area contributed by atoms with E-state index in [0.29, 0.717) is 6.42 Å². The molecule has 0 aliphatic carbocycles. The van der Waals surface area contributed by atoms with E-state index < -0.39 is 12.1 Å². The first kappa shape index (κ1) is 16.3. The van der Waals surface area contributed by atoms with Crippen LogP contribution in [0.5, 0.6) is 0 Å². The lowest BCUT2D eigenvalue weighted by molar-refractivity contribution is -0.123. The molecule has 6 nitrogen and oxygen atoms in total. The smallest absolute Gasteiger partial charge is 0.408 e. The van der Waals surface area contributed by atoms with Gasteiger partial charge in [-0.1, -0.05) is 30.3 Å². The van der Waals surface area contributed by atoms with Crippen molar-refractivity contribution in [1.29, 1.82) is 0 Å². The number of carbonyl (C=O) groups excluding carboxylic acids is 1. The standard InChI is InChI=1S/C13H16N2O4.ClH/c16-8-10-6-11(12(17)14-10)15(13(18)19)7-9-4-2-1-3-5-9;/h1-5,10-11,16H,6-8H2,(H,14,17)(H,18,19);1H/t10-,11+;/m0./s1. The molecule has 2 amide bonds. The van der Waals surface area contributed by atoms with Crippen molar-refractivity contribution in [3.05, 3.63) is 35.9 Å². The Morgan fingerprint density at radius 3 is 2.50 bits per heavy atom. The zero-order chi connectivity index (χ0) is 13.8. The third kappa shape index (κ3) is 3.61. The molecule has 1 aromatic rings. The van der Waals surface area contributed by atoms with Crippen LogP contribution in [0.2, 0.25) is 0 Å². The molecular formula is C13H17ClN2O4. The number of carboxylic acid groups (broad SMARTS) is 1. The molecule has 1 aliphatic rings. The van der Waals surface area contributed by atoms with E-state index in [2.05, 4.69) is 5.32 Å². The topological polar surface area (TPSA) is 89.9 Å². The third-order valence-corrected chi connectivity index (χ3v) is 3.19. The van der Waals surface area contributed by atoms with E-state index in [4.69, 9.17) is 5.11 Å². The highest BCUT2D eigenvalue weighted by Crippen LogP contribution is 2.18. The number of nitrogens with zero attached hydrogens (tertiary/aromatic N) is 1. The highest BCUT2D eigenvalue weighted by Gasteiger charge is 2.38. The fourth-order valence-electron chi connectivity index (χ4n) is 2.21. The van der Waals surface area contributed by atoms with E-state index in [-0.39, 0.29) is 37.5 Å². The molecule has 1 aliphatic heterocycles. The average molecular weight is 301 g/mol. The van der Waals surface area contributed by atoms with Crippen LogP contribution in [-0.2, 0) is 11.3 Å². The molecule has 0 unspecified atom stereocenters. The van der Waals surface area contributed by atoms with Crippen molar-refractivity contribution >= 4 is 24.4 Å². The Morgan fingerprint density at radius 2 is 2.00 bits per heavy atom. The summed E-state index contributed by atoms with van der Waals surface area (Å²) in [7, 11) is 0. The molecule has 3 N–H and O–H groups in total. The maximum absolute atomic E-state index is 11.8.